The zero-order valence-electron chi connectivity index (χ0n) is 9.50. The summed E-state index contributed by atoms with van der Waals surface area (Å²) in [5.74, 6) is 0. The van der Waals surface area contributed by atoms with Gasteiger partial charge in [-0.15, -0.1) is 0 Å². The van der Waals surface area contributed by atoms with Crippen LogP contribution in [0.4, 0.5) is 0 Å². The summed E-state index contributed by atoms with van der Waals surface area (Å²) in [4.78, 5) is 5.23. The number of likely N-dealkylation sites (N-methyl/N-ethyl adjacent to an activating group) is 2. The third kappa shape index (κ3) is 2.10. The third-order valence-corrected chi connectivity index (χ3v) is 3.91. The van der Waals surface area contributed by atoms with Gasteiger partial charge >= 0.3 is 0 Å². The molecular formula is C11H23N3. The molecule has 2 heterocycles. The highest BCUT2D eigenvalue weighted by Crippen LogP contribution is 2.28. The first-order valence-electron chi connectivity index (χ1n) is 5.90. The van der Waals surface area contributed by atoms with Crippen molar-refractivity contribution in [2.24, 2.45) is 0 Å². The van der Waals surface area contributed by atoms with Crippen LogP contribution in [0.5, 0.6) is 0 Å². The van der Waals surface area contributed by atoms with Crippen LogP contribution in [0.1, 0.15) is 19.3 Å². The summed E-state index contributed by atoms with van der Waals surface area (Å²) in [5.41, 5.74) is 0. The van der Waals surface area contributed by atoms with E-state index in [9.17, 15) is 0 Å². The van der Waals surface area contributed by atoms with Crippen LogP contribution in [0.2, 0.25) is 0 Å². The summed E-state index contributed by atoms with van der Waals surface area (Å²) < 4.78 is 0. The Morgan fingerprint density at radius 2 is 2.00 bits per heavy atom. The van der Waals surface area contributed by atoms with Crippen LogP contribution in [0, 0.1) is 0 Å². The second kappa shape index (κ2) is 4.60. The Labute approximate surface area is 87.4 Å². The number of likely N-dealkylation sites (tertiary alicyclic amines) is 1. The van der Waals surface area contributed by atoms with Gasteiger partial charge < -0.3 is 10.2 Å². The van der Waals surface area contributed by atoms with Crippen molar-refractivity contribution in [1.82, 2.24) is 15.1 Å². The highest BCUT2D eigenvalue weighted by atomic mass is 15.3. The van der Waals surface area contributed by atoms with E-state index in [4.69, 9.17) is 0 Å². The molecule has 2 fully saturated rings. The van der Waals surface area contributed by atoms with E-state index in [1.165, 1.54) is 38.9 Å². The molecule has 3 heteroatoms. The molecule has 14 heavy (non-hydrogen) atoms. The molecule has 1 N–H and O–H groups in total. The van der Waals surface area contributed by atoms with Crippen LogP contribution < -0.4 is 5.32 Å². The molecule has 0 spiro atoms. The number of rotatable bonds is 3. The van der Waals surface area contributed by atoms with E-state index in [2.05, 4.69) is 22.2 Å². The van der Waals surface area contributed by atoms with Crippen LogP contribution in [-0.2, 0) is 0 Å². The second-order valence-electron chi connectivity index (χ2n) is 4.74. The second-order valence-corrected chi connectivity index (χ2v) is 4.74. The number of nitrogens with zero attached hydrogens (tertiary/aromatic N) is 2. The van der Waals surface area contributed by atoms with Gasteiger partial charge in [-0.3, -0.25) is 4.90 Å². The summed E-state index contributed by atoms with van der Waals surface area (Å²) in [7, 11) is 4.35. The van der Waals surface area contributed by atoms with Crippen molar-refractivity contribution in [2.75, 3.05) is 40.3 Å². The lowest BCUT2D eigenvalue weighted by molar-refractivity contribution is 0.220. The van der Waals surface area contributed by atoms with E-state index in [0.717, 1.165) is 18.6 Å². The fourth-order valence-corrected chi connectivity index (χ4v) is 2.85. The largest absolute Gasteiger partial charge is 0.318 e. The first-order chi connectivity index (χ1) is 6.81. The maximum Gasteiger partial charge on any atom is 0.0223 e. The summed E-state index contributed by atoms with van der Waals surface area (Å²) in [6, 6.07) is 1.71. The molecule has 0 amide bonds. The van der Waals surface area contributed by atoms with E-state index in [1.54, 1.807) is 0 Å². The van der Waals surface area contributed by atoms with E-state index >= 15 is 0 Å². The lowest BCUT2D eigenvalue weighted by atomic mass is 10.1. The van der Waals surface area contributed by atoms with Gasteiger partial charge in [0.2, 0.25) is 0 Å². The quantitative estimate of drug-likeness (QED) is 0.705. The average Bonchev–Trinajstić information content (AvgIpc) is 2.40. The molecule has 82 valence electrons. The number of hydrogen-bond donors (Lipinski definition) is 1. The molecule has 2 saturated heterocycles. The van der Waals surface area contributed by atoms with Gasteiger partial charge in [-0.1, -0.05) is 0 Å². The molecule has 2 aliphatic heterocycles. The number of fused-ring (bicyclic) bond motifs is 2. The van der Waals surface area contributed by atoms with Crippen molar-refractivity contribution < 1.29 is 0 Å². The topological polar surface area (TPSA) is 18.5 Å². The van der Waals surface area contributed by atoms with Gasteiger partial charge in [-0.25, -0.2) is 0 Å². The first kappa shape index (κ1) is 10.4. The van der Waals surface area contributed by atoms with Crippen molar-refractivity contribution in [3.63, 3.8) is 0 Å². The number of hydrogen-bond acceptors (Lipinski definition) is 3. The smallest absolute Gasteiger partial charge is 0.0223 e. The summed E-state index contributed by atoms with van der Waals surface area (Å²) >= 11 is 0. The molecule has 2 bridgehead atoms. The van der Waals surface area contributed by atoms with Gasteiger partial charge in [0.15, 0.2) is 0 Å². The Morgan fingerprint density at radius 3 is 2.79 bits per heavy atom. The summed E-state index contributed by atoms with van der Waals surface area (Å²) in [6.07, 6.45) is 4.22. The maximum atomic E-state index is 3.24. The standard InChI is InChI=1S/C11H23N3/c1-12-6-8-14-7-5-10-3-4-11(9-14)13(10)2/h10-12H,3-9H2,1-2H3. The zero-order valence-corrected chi connectivity index (χ0v) is 9.50. The molecule has 0 aliphatic carbocycles. The van der Waals surface area contributed by atoms with E-state index in [0.29, 0.717) is 0 Å². The van der Waals surface area contributed by atoms with Crippen LogP contribution in [0.15, 0.2) is 0 Å². The summed E-state index contributed by atoms with van der Waals surface area (Å²) in [5, 5.41) is 3.24. The third-order valence-electron chi connectivity index (χ3n) is 3.91. The van der Waals surface area contributed by atoms with Gasteiger partial charge in [-0.2, -0.15) is 0 Å². The zero-order chi connectivity index (χ0) is 9.97. The molecular weight excluding hydrogens is 174 g/mol. The molecule has 2 unspecified atom stereocenters. The van der Waals surface area contributed by atoms with Crippen molar-refractivity contribution >= 4 is 0 Å². The maximum absolute atomic E-state index is 3.24. The van der Waals surface area contributed by atoms with Gasteiger partial charge in [0.05, 0.1) is 0 Å². The van der Waals surface area contributed by atoms with Crippen LogP contribution in [0.3, 0.4) is 0 Å². The SMILES string of the molecule is CNCCN1CCC2CCC(C1)N2C. The highest BCUT2D eigenvalue weighted by Gasteiger charge is 2.34. The van der Waals surface area contributed by atoms with Gasteiger partial charge in [0.1, 0.15) is 0 Å². The molecule has 0 aromatic rings. The molecule has 2 atom stereocenters. The lowest BCUT2D eigenvalue weighted by Gasteiger charge is -2.25. The van der Waals surface area contributed by atoms with Gasteiger partial charge in [0.25, 0.3) is 0 Å². The molecule has 0 saturated carbocycles. The van der Waals surface area contributed by atoms with Crippen molar-refractivity contribution in [1.29, 1.82) is 0 Å². The average molecular weight is 197 g/mol. The Hall–Kier alpha value is -0.120. The predicted octanol–water partition coefficient (Wildman–Crippen LogP) is 0.374. The van der Waals surface area contributed by atoms with Crippen molar-refractivity contribution in [2.45, 2.75) is 31.3 Å². The normalized spacial score (nSPS) is 34.7. The van der Waals surface area contributed by atoms with Crippen molar-refractivity contribution in [3.05, 3.63) is 0 Å². The predicted molar refractivity (Wildman–Crippen MR) is 59.6 cm³/mol. The Balaban J connectivity index is 1.87. The summed E-state index contributed by atoms with van der Waals surface area (Å²) in [6.45, 7) is 4.93. The monoisotopic (exact) mass is 197 g/mol. The molecule has 2 rings (SSSR count). The fraction of sp³-hybridized carbons (Fsp3) is 1.00. The van der Waals surface area contributed by atoms with Crippen molar-refractivity contribution in [3.8, 4) is 0 Å². The van der Waals surface area contributed by atoms with Gasteiger partial charge in [-0.05, 0) is 39.9 Å². The molecule has 0 aromatic heterocycles. The Kier molecular flexibility index (Phi) is 3.42. The molecule has 2 aliphatic rings. The molecule has 0 radical (unpaired) electrons. The van der Waals surface area contributed by atoms with Crippen LogP contribution in [0.25, 0.3) is 0 Å². The van der Waals surface area contributed by atoms with E-state index in [-0.39, 0.29) is 0 Å². The first-order valence-corrected chi connectivity index (χ1v) is 5.90. The minimum Gasteiger partial charge on any atom is -0.318 e. The van der Waals surface area contributed by atoms with Crippen LogP contribution >= 0.6 is 0 Å². The fourth-order valence-electron chi connectivity index (χ4n) is 2.85. The van der Waals surface area contributed by atoms with E-state index < -0.39 is 0 Å². The highest BCUT2D eigenvalue weighted by molar-refractivity contribution is 4.90. The minimum atomic E-state index is 0.833. The lowest BCUT2D eigenvalue weighted by Crippen LogP contribution is -2.39. The molecule has 0 aromatic carbocycles. The Morgan fingerprint density at radius 1 is 1.21 bits per heavy atom. The van der Waals surface area contributed by atoms with E-state index in [1.807, 2.05) is 7.05 Å². The molecule has 3 nitrogen and oxygen atoms in total. The minimum absolute atomic E-state index is 0.833. The van der Waals surface area contributed by atoms with Crippen LogP contribution in [-0.4, -0.2) is 62.2 Å². The Bertz CT molecular complexity index is 183. The van der Waals surface area contributed by atoms with Gasteiger partial charge in [0, 0.05) is 31.7 Å². The number of nitrogens with one attached hydrogen (secondary N) is 1.